The Labute approximate surface area is 126 Å². The van der Waals surface area contributed by atoms with Gasteiger partial charge in [0.1, 0.15) is 12.1 Å². The van der Waals surface area contributed by atoms with Gasteiger partial charge in [-0.25, -0.2) is 15.4 Å². The van der Waals surface area contributed by atoms with E-state index < -0.39 is 4.92 Å². The van der Waals surface area contributed by atoms with Gasteiger partial charge in [0, 0.05) is 11.6 Å². The molecule has 0 fully saturated rings. The number of aryl methyl sites for hydroxylation is 1. The van der Waals surface area contributed by atoms with Gasteiger partial charge in [-0.2, -0.15) is 0 Å². The Balaban J connectivity index is 2.31. The van der Waals surface area contributed by atoms with Crippen LogP contribution in [-0.4, -0.2) is 25.6 Å². The lowest BCUT2D eigenvalue weighted by Gasteiger charge is -2.21. The van der Waals surface area contributed by atoms with Crippen LogP contribution in [0.25, 0.3) is 0 Å². The molecule has 0 unspecified atom stereocenters. The second kappa shape index (κ2) is 5.93. The van der Waals surface area contributed by atoms with E-state index in [1.165, 1.54) is 6.33 Å². The average Bonchev–Trinajstić information content (AvgIpc) is 2.80. The van der Waals surface area contributed by atoms with Crippen molar-refractivity contribution in [3.63, 3.8) is 0 Å². The molecule has 0 amide bonds. The van der Waals surface area contributed by atoms with Crippen LogP contribution in [0.1, 0.15) is 26.5 Å². The van der Waals surface area contributed by atoms with Crippen LogP contribution in [0.2, 0.25) is 0 Å². The molecule has 0 radical (unpaired) electrons. The molecule has 2 aromatic heterocycles. The molecule has 0 saturated carbocycles. The molecule has 10 heteroatoms. The minimum atomic E-state index is -0.568. The van der Waals surface area contributed by atoms with Gasteiger partial charge in [-0.15, -0.1) is 0 Å². The maximum Gasteiger partial charge on any atom is 0.354 e. The molecule has 0 aliphatic carbocycles. The van der Waals surface area contributed by atoms with Crippen LogP contribution in [0, 0.1) is 17.0 Å². The average molecular weight is 307 g/mol. The highest BCUT2D eigenvalue weighted by molar-refractivity contribution is 5.72. The van der Waals surface area contributed by atoms with Crippen LogP contribution in [0.4, 0.5) is 23.1 Å². The van der Waals surface area contributed by atoms with E-state index in [1.54, 1.807) is 13.0 Å². The van der Waals surface area contributed by atoms with Crippen LogP contribution >= 0.6 is 0 Å². The molecule has 0 aromatic carbocycles. The van der Waals surface area contributed by atoms with E-state index in [-0.39, 0.29) is 22.9 Å². The van der Waals surface area contributed by atoms with Crippen LogP contribution in [0.5, 0.6) is 0 Å². The fraction of sp³-hybridized carbons (Fsp3) is 0.417. The third-order valence-corrected chi connectivity index (χ3v) is 2.44. The fourth-order valence-corrected chi connectivity index (χ4v) is 1.53. The Hall–Kier alpha value is -2.75. The van der Waals surface area contributed by atoms with Crippen LogP contribution < -0.4 is 16.2 Å². The van der Waals surface area contributed by atoms with Crippen molar-refractivity contribution < 1.29 is 9.45 Å². The lowest BCUT2D eigenvalue weighted by molar-refractivity contribution is -0.383. The predicted octanol–water partition coefficient (Wildman–Crippen LogP) is 2.14. The van der Waals surface area contributed by atoms with Gasteiger partial charge in [0.2, 0.25) is 11.6 Å². The standard InChI is InChI=1S/C12H17N7O3/c1-7-5-8(17-22-7)15-10-9(19(20)21)11(14-6-13-10)16-18-12(2,3)4/h5-6,18H,1-4H3,(H2,13,14,15,16,17). The van der Waals surface area contributed by atoms with Crippen LogP contribution in [0.15, 0.2) is 16.9 Å². The Morgan fingerprint density at radius 1 is 1.27 bits per heavy atom. The molecule has 2 rings (SSSR count). The number of nitrogens with zero attached hydrogens (tertiary/aromatic N) is 4. The summed E-state index contributed by atoms with van der Waals surface area (Å²) in [6.07, 6.45) is 1.22. The number of nitro groups is 1. The fourth-order valence-electron chi connectivity index (χ4n) is 1.53. The lowest BCUT2D eigenvalue weighted by atomic mass is 10.1. The second-order valence-electron chi connectivity index (χ2n) is 5.62. The van der Waals surface area contributed by atoms with Gasteiger partial charge in [-0.1, -0.05) is 5.16 Å². The molecule has 118 valence electrons. The van der Waals surface area contributed by atoms with Gasteiger partial charge in [-0.3, -0.25) is 15.5 Å². The first-order valence-electron chi connectivity index (χ1n) is 6.49. The largest absolute Gasteiger partial charge is 0.360 e. The first-order chi connectivity index (χ1) is 10.3. The summed E-state index contributed by atoms with van der Waals surface area (Å²) >= 11 is 0. The minimum Gasteiger partial charge on any atom is -0.360 e. The normalized spacial score (nSPS) is 11.3. The van der Waals surface area contributed by atoms with Crippen molar-refractivity contribution in [2.45, 2.75) is 33.2 Å². The molecule has 0 atom stereocenters. The van der Waals surface area contributed by atoms with E-state index in [2.05, 4.69) is 31.3 Å². The highest BCUT2D eigenvalue weighted by atomic mass is 16.6. The topological polar surface area (TPSA) is 131 Å². The maximum atomic E-state index is 11.3. The number of nitrogens with one attached hydrogen (secondary N) is 3. The Morgan fingerprint density at radius 3 is 2.50 bits per heavy atom. The molecule has 2 heterocycles. The zero-order chi connectivity index (χ0) is 16.3. The summed E-state index contributed by atoms with van der Waals surface area (Å²) in [6.45, 7) is 7.44. The number of hydrogen-bond donors (Lipinski definition) is 3. The molecular formula is C12H17N7O3. The Bertz CT molecular complexity index is 678. The molecule has 0 bridgehead atoms. The summed E-state index contributed by atoms with van der Waals surface area (Å²) in [5, 5.41) is 17.8. The summed E-state index contributed by atoms with van der Waals surface area (Å²) in [4.78, 5) is 18.6. The minimum absolute atomic E-state index is 0.0199. The molecule has 0 aliphatic rings. The molecule has 22 heavy (non-hydrogen) atoms. The molecule has 0 spiro atoms. The number of anilines is 3. The van der Waals surface area contributed by atoms with Gasteiger partial charge in [0.05, 0.1) is 4.92 Å². The zero-order valence-electron chi connectivity index (χ0n) is 12.7. The van der Waals surface area contributed by atoms with Gasteiger partial charge >= 0.3 is 5.69 Å². The van der Waals surface area contributed by atoms with Crippen LogP contribution in [-0.2, 0) is 0 Å². The van der Waals surface area contributed by atoms with Crippen molar-refractivity contribution in [3.05, 3.63) is 28.3 Å². The van der Waals surface area contributed by atoms with Gasteiger partial charge in [0.25, 0.3) is 0 Å². The first kappa shape index (κ1) is 15.6. The number of hydrazine groups is 1. The molecule has 3 N–H and O–H groups in total. The van der Waals surface area contributed by atoms with Gasteiger partial charge < -0.3 is 9.84 Å². The van der Waals surface area contributed by atoms with E-state index in [9.17, 15) is 10.1 Å². The third-order valence-electron chi connectivity index (χ3n) is 2.44. The summed E-state index contributed by atoms with van der Waals surface area (Å²) in [7, 11) is 0. The van der Waals surface area contributed by atoms with E-state index >= 15 is 0 Å². The van der Waals surface area contributed by atoms with E-state index in [1.807, 2.05) is 20.8 Å². The SMILES string of the molecule is Cc1cc(Nc2ncnc(NNC(C)(C)C)c2[N+](=O)[O-])no1. The highest BCUT2D eigenvalue weighted by Gasteiger charge is 2.24. The molecular weight excluding hydrogens is 290 g/mol. The number of rotatable bonds is 5. The Morgan fingerprint density at radius 2 is 1.95 bits per heavy atom. The quantitative estimate of drug-likeness (QED) is 0.561. The smallest absolute Gasteiger partial charge is 0.354 e. The van der Waals surface area contributed by atoms with Crippen molar-refractivity contribution in [2.75, 3.05) is 10.7 Å². The third kappa shape index (κ3) is 3.88. The lowest BCUT2D eigenvalue weighted by Crippen LogP contribution is -2.40. The van der Waals surface area contributed by atoms with Crippen molar-refractivity contribution >= 4 is 23.1 Å². The molecule has 2 aromatic rings. The van der Waals surface area contributed by atoms with E-state index in [4.69, 9.17) is 4.52 Å². The van der Waals surface area contributed by atoms with Crippen molar-refractivity contribution in [3.8, 4) is 0 Å². The van der Waals surface area contributed by atoms with Gasteiger partial charge in [-0.05, 0) is 27.7 Å². The first-order valence-corrected chi connectivity index (χ1v) is 6.49. The number of aromatic nitrogens is 3. The Kier molecular flexibility index (Phi) is 4.22. The van der Waals surface area contributed by atoms with Crippen molar-refractivity contribution in [2.24, 2.45) is 0 Å². The zero-order valence-corrected chi connectivity index (χ0v) is 12.7. The predicted molar refractivity (Wildman–Crippen MR) is 79.7 cm³/mol. The summed E-state index contributed by atoms with van der Waals surface area (Å²) in [6, 6.07) is 1.60. The van der Waals surface area contributed by atoms with Crippen LogP contribution in [0.3, 0.4) is 0 Å². The molecule has 0 aliphatic heterocycles. The van der Waals surface area contributed by atoms with Crippen molar-refractivity contribution in [1.29, 1.82) is 0 Å². The summed E-state index contributed by atoms with van der Waals surface area (Å²) < 4.78 is 4.91. The molecule has 0 saturated heterocycles. The van der Waals surface area contributed by atoms with Crippen molar-refractivity contribution in [1.82, 2.24) is 20.6 Å². The monoisotopic (exact) mass is 307 g/mol. The van der Waals surface area contributed by atoms with E-state index in [0.29, 0.717) is 11.6 Å². The summed E-state index contributed by atoms with van der Waals surface area (Å²) in [5.74, 6) is 0.977. The van der Waals surface area contributed by atoms with E-state index in [0.717, 1.165) is 0 Å². The van der Waals surface area contributed by atoms with Gasteiger partial charge in [0.15, 0.2) is 5.82 Å². The molecule has 10 nitrogen and oxygen atoms in total. The maximum absolute atomic E-state index is 11.3. The highest BCUT2D eigenvalue weighted by Crippen LogP contribution is 2.30. The second-order valence-corrected chi connectivity index (χ2v) is 5.62. The number of hydrogen-bond acceptors (Lipinski definition) is 9. The summed E-state index contributed by atoms with van der Waals surface area (Å²) in [5.41, 5.74) is 5.07.